The van der Waals surface area contributed by atoms with Gasteiger partial charge in [0.25, 0.3) is 0 Å². The monoisotopic (exact) mass is 340 g/mol. The van der Waals surface area contributed by atoms with E-state index in [-0.39, 0.29) is 29.3 Å². The summed E-state index contributed by atoms with van der Waals surface area (Å²) in [6, 6.07) is 13.7. The molecule has 2 unspecified atom stereocenters. The number of phenolic OH excluding ortho intramolecular Hbond substituents is 1. The second-order valence-corrected chi connectivity index (χ2v) is 6.83. The number of anilines is 1. The van der Waals surface area contributed by atoms with Gasteiger partial charge in [0.2, 0.25) is 5.91 Å². The maximum absolute atomic E-state index is 13.0. The van der Waals surface area contributed by atoms with Crippen LogP contribution in [0.25, 0.3) is 0 Å². The Hall–Kier alpha value is -2.56. The Morgan fingerprint density at radius 3 is 2.24 bits per heavy atom. The van der Waals surface area contributed by atoms with E-state index in [2.05, 4.69) is 4.90 Å². The summed E-state index contributed by atoms with van der Waals surface area (Å²) in [5.41, 5.74) is 2.13. The van der Waals surface area contributed by atoms with Gasteiger partial charge in [-0.3, -0.25) is 4.79 Å². The number of rotatable bonds is 3. The Morgan fingerprint density at radius 2 is 1.60 bits per heavy atom. The first-order valence-corrected chi connectivity index (χ1v) is 8.70. The van der Waals surface area contributed by atoms with Crippen LogP contribution in [0.4, 0.5) is 10.1 Å². The van der Waals surface area contributed by atoms with Crippen molar-refractivity contribution >= 4 is 11.6 Å². The maximum Gasteiger partial charge on any atom is 0.226 e. The van der Waals surface area contributed by atoms with E-state index in [1.807, 2.05) is 17.0 Å². The number of amides is 1. The molecular formula is C20H21FN2O2. The number of piperazine rings is 1. The van der Waals surface area contributed by atoms with Crippen LogP contribution in [-0.4, -0.2) is 42.1 Å². The van der Waals surface area contributed by atoms with E-state index in [9.17, 15) is 14.3 Å². The molecule has 1 aliphatic carbocycles. The first kappa shape index (κ1) is 15.9. The molecule has 2 aromatic rings. The lowest BCUT2D eigenvalue weighted by Crippen LogP contribution is -2.49. The van der Waals surface area contributed by atoms with E-state index < -0.39 is 0 Å². The SMILES string of the molecule is O=C(C1CC1c1ccc(F)cc1)N1CCN(c2ccc(O)cc2)CC1. The van der Waals surface area contributed by atoms with Gasteiger partial charge in [-0.2, -0.15) is 0 Å². The highest BCUT2D eigenvalue weighted by Gasteiger charge is 2.46. The molecule has 2 fully saturated rings. The predicted octanol–water partition coefficient (Wildman–Crippen LogP) is 2.98. The third kappa shape index (κ3) is 3.31. The molecule has 2 atom stereocenters. The molecule has 2 aliphatic rings. The number of hydrogen-bond donors (Lipinski definition) is 1. The van der Waals surface area contributed by atoms with Crippen LogP contribution < -0.4 is 4.90 Å². The lowest BCUT2D eigenvalue weighted by Gasteiger charge is -2.36. The van der Waals surface area contributed by atoms with Crippen molar-refractivity contribution in [2.75, 3.05) is 31.1 Å². The van der Waals surface area contributed by atoms with E-state index in [1.165, 1.54) is 12.1 Å². The average Bonchev–Trinajstić information content (AvgIpc) is 3.43. The second-order valence-electron chi connectivity index (χ2n) is 6.83. The van der Waals surface area contributed by atoms with Crippen molar-refractivity contribution in [3.8, 4) is 5.75 Å². The van der Waals surface area contributed by atoms with Crippen LogP contribution >= 0.6 is 0 Å². The average molecular weight is 340 g/mol. The van der Waals surface area contributed by atoms with E-state index in [0.29, 0.717) is 13.1 Å². The highest BCUT2D eigenvalue weighted by molar-refractivity contribution is 5.83. The molecule has 0 bridgehead atoms. The summed E-state index contributed by atoms with van der Waals surface area (Å²) in [4.78, 5) is 16.9. The molecule has 130 valence electrons. The number of aromatic hydroxyl groups is 1. The molecule has 1 N–H and O–H groups in total. The maximum atomic E-state index is 13.0. The zero-order valence-electron chi connectivity index (χ0n) is 13.9. The van der Waals surface area contributed by atoms with Crippen LogP contribution in [0, 0.1) is 11.7 Å². The van der Waals surface area contributed by atoms with Gasteiger partial charge in [0, 0.05) is 37.8 Å². The standard InChI is InChI=1S/C20H21FN2O2/c21-15-3-1-14(2-4-15)18-13-19(18)20(25)23-11-9-22(10-12-23)16-5-7-17(24)8-6-16/h1-8,18-19,24H,9-13H2. The van der Waals surface area contributed by atoms with Gasteiger partial charge in [0.15, 0.2) is 0 Å². The van der Waals surface area contributed by atoms with Crippen molar-refractivity contribution in [1.29, 1.82) is 0 Å². The molecule has 5 heteroatoms. The highest BCUT2D eigenvalue weighted by atomic mass is 19.1. The van der Waals surface area contributed by atoms with Gasteiger partial charge in [0.1, 0.15) is 11.6 Å². The molecule has 0 aromatic heterocycles. The van der Waals surface area contributed by atoms with E-state index in [1.54, 1.807) is 24.3 Å². The van der Waals surface area contributed by atoms with Crippen LogP contribution in [0.15, 0.2) is 48.5 Å². The van der Waals surface area contributed by atoms with Crippen LogP contribution in [0.1, 0.15) is 17.9 Å². The Kier molecular flexibility index (Phi) is 4.07. The summed E-state index contributed by atoms with van der Waals surface area (Å²) in [5.74, 6) is 0.532. The topological polar surface area (TPSA) is 43.8 Å². The summed E-state index contributed by atoms with van der Waals surface area (Å²) in [5, 5.41) is 9.38. The summed E-state index contributed by atoms with van der Waals surface area (Å²) in [6.07, 6.45) is 0.864. The first-order valence-electron chi connectivity index (χ1n) is 8.70. The lowest BCUT2D eigenvalue weighted by atomic mass is 10.1. The Bertz CT molecular complexity index is 752. The molecule has 2 aromatic carbocycles. The van der Waals surface area contributed by atoms with Gasteiger partial charge in [-0.25, -0.2) is 4.39 Å². The molecule has 0 spiro atoms. The van der Waals surface area contributed by atoms with Crippen molar-refractivity contribution < 1.29 is 14.3 Å². The third-order valence-corrected chi connectivity index (χ3v) is 5.21. The number of halogens is 1. The van der Waals surface area contributed by atoms with E-state index in [0.717, 1.165) is 30.8 Å². The molecule has 4 nitrogen and oxygen atoms in total. The third-order valence-electron chi connectivity index (χ3n) is 5.21. The van der Waals surface area contributed by atoms with Crippen LogP contribution in [-0.2, 0) is 4.79 Å². The van der Waals surface area contributed by atoms with Crippen molar-refractivity contribution in [1.82, 2.24) is 4.90 Å². The molecule has 1 saturated carbocycles. The molecule has 0 radical (unpaired) electrons. The minimum absolute atomic E-state index is 0.0469. The minimum Gasteiger partial charge on any atom is -0.508 e. The smallest absolute Gasteiger partial charge is 0.226 e. The lowest BCUT2D eigenvalue weighted by molar-refractivity contribution is -0.132. The number of carbonyl (C=O) groups is 1. The minimum atomic E-state index is -0.238. The molecule has 1 heterocycles. The fourth-order valence-electron chi connectivity index (χ4n) is 3.63. The zero-order chi connectivity index (χ0) is 17.4. The largest absolute Gasteiger partial charge is 0.508 e. The van der Waals surface area contributed by atoms with Gasteiger partial charge >= 0.3 is 0 Å². The van der Waals surface area contributed by atoms with Gasteiger partial charge in [0.05, 0.1) is 0 Å². The summed E-state index contributed by atoms with van der Waals surface area (Å²) in [7, 11) is 0. The van der Waals surface area contributed by atoms with Gasteiger partial charge < -0.3 is 14.9 Å². The first-order chi connectivity index (χ1) is 12.1. The van der Waals surface area contributed by atoms with E-state index >= 15 is 0 Å². The number of phenols is 1. The second kappa shape index (κ2) is 6.39. The van der Waals surface area contributed by atoms with Crippen LogP contribution in [0.3, 0.4) is 0 Å². The number of hydrogen-bond acceptors (Lipinski definition) is 3. The summed E-state index contributed by atoms with van der Waals surface area (Å²) in [6.45, 7) is 3.02. The Balaban J connectivity index is 1.33. The Morgan fingerprint density at radius 1 is 0.960 bits per heavy atom. The quantitative estimate of drug-likeness (QED) is 0.934. The molecule has 1 amide bonds. The molecular weight excluding hydrogens is 319 g/mol. The van der Waals surface area contributed by atoms with Crippen molar-refractivity contribution in [3.63, 3.8) is 0 Å². The van der Waals surface area contributed by atoms with Gasteiger partial charge in [-0.15, -0.1) is 0 Å². The van der Waals surface area contributed by atoms with Crippen LogP contribution in [0.5, 0.6) is 5.75 Å². The number of carbonyl (C=O) groups excluding carboxylic acids is 1. The molecule has 1 saturated heterocycles. The zero-order valence-corrected chi connectivity index (χ0v) is 13.9. The molecule has 4 rings (SSSR count). The van der Waals surface area contributed by atoms with E-state index in [4.69, 9.17) is 0 Å². The van der Waals surface area contributed by atoms with Crippen molar-refractivity contribution in [3.05, 3.63) is 59.9 Å². The number of nitrogens with zero attached hydrogens (tertiary/aromatic N) is 2. The Labute approximate surface area is 146 Å². The molecule has 1 aliphatic heterocycles. The highest BCUT2D eigenvalue weighted by Crippen LogP contribution is 2.48. The van der Waals surface area contributed by atoms with Crippen LogP contribution in [0.2, 0.25) is 0 Å². The van der Waals surface area contributed by atoms with Gasteiger partial charge in [-0.05, 0) is 54.3 Å². The fraction of sp³-hybridized carbons (Fsp3) is 0.350. The number of benzene rings is 2. The van der Waals surface area contributed by atoms with Crippen molar-refractivity contribution in [2.24, 2.45) is 5.92 Å². The van der Waals surface area contributed by atoms with Gasteiger partial charge in [-0.1, -0.05) is 12.1 Å². The predicted molar refractivity (Wildman–Crippen MR) is 94.1 cm³/mol. The fourth-order valence-corrected chi connectivity index (χ4v) is 3.63. The summed E-state index contributed by atoms with van der Waals surface area (Å²) < 4.78 is 13.0. The summed E-state index contributed by atoms with van der Waals surface area (Å²) >= 11 is 0. The molecule has 25 heavy (non-hydrogen) atoms. The van der Waals surface area contributed by atoms with Crippen molar-refractivity contribution in [2.45, 2.75) is 12.3 Å². The normalized spacial score (nSPS) is 22.8.